The Kier molecular flexibility index (Phi) is 3.33. The Morgan fingerprint density at radius 1 is 1.00 bits per heavy atom. The molecule has 1 N–H and O–H groups in total. The number of aromatic hydroxyl groups is 1. The SMILES string of the molecule is CN(C)c1ccc(-c2ccc(O)c(C=O)c2)cc1. The van der Waals surface area contributed by atoms with Gasteiger partial charge in [0.1, 0.15) is 5.75 Å². The molecule has 0 bridgehead atoms. The fraction of sp³-hybridized carbons (Fsp3) is 0.133. The average molecular weight is 241 g/mol. The van der Waals surface area contributed by atoms with Gasteiger partial charge in [0, 0.05) is 19.8 Å². The normalized spacial score (nSPS) is 10.1. The van der Waals surface area contributed by atoms with E-state index in [0.29, 0.717) is 11.8 Å². The van der Waals surface area contributed by atoms with Gasteiger partial charge in [0.15, 0.2) is 6.29 Å². The molecule has 0 aromatic heterocycles. The van der Waals surface area contributed by atoms with E-state index >= 15 is 0 Å². The van der Waals surface area contributed by atoms with E-state index in [2.05, 4.69) is 0 Å². The Labute approximate surface area is 106 Å². The zero-order chi connectivity index (χ0) is 13.1. The predicted molar refractivity (Wildman–Crippen MR) is 73.3 cm³/mol. The van der Waals surface area contributed by atoms with Crippen molar-refractivity contribution in [1.29, 1.82) is 0 Å². The maximum absolute atomic E-state index is 10.8. The number of phenols is 1. The highest BCUT2D eigenvalue weighted by molar-refractivity contribution is 5.82. The second-order valence-electron chi connectivity index (χ2n) is 4.33. The quantitative estimate of drug-likeness (QED) is 0.840. The Bertz CT molecular complexity index is 559. The molecular formula is C15H15NO2. The second-order valence-corrected chi connectivity index (χ2v) is 4.33. The second kappa shape index (κ2) is 4.92. The van der Waals surface area contributed by atoms with Gasteiger partial charge in [-0.2, -0.15) is 0 Å². The Hall–Kier alpha value is -2.29. The number of carbonyl (C=O) groups excluding carboxylic acids is 1. The molecule has 2 aromatic rings. The van der Waals surface area contributed by atoms with Gasteiger partial charge in [-0.1, -0.05) is 18.2 Å². The Balaban J connectivity index is 2.39. The minimum Gasteiger partial charge on any atom is -0.507 e. The summed E-state index contributed by atoms with van der Waals surface area (Å²) in [5.41, 5.74) is 3.36. The Morgan fingerprint density at radius 3 is 2.17 bits per heavy atom. The molecule has 0 heterocycles. The van der Waals surface area contributed by atoms with E-state index in [-0.39, 0.29) is 5.75 Å². The summed E-state index contributed by atoms with van der Waals surface area (Å²) in [4.78, 5) is 12.8. The van der Waals surface area contributed by atoms with Crippen LogP contribution in [0.3, 0.4) is 0 Å². The number of benzene rings is 2. The summed E-state index contributed by atoms with van der Waals surface area (Å²) in [5, 5.41) is 9.46. The van der Waals surface area contributed by atoms with Crippen LogP contribution in [-0.2, 0) is 0 Å². The molecule has 0 unspecified atom stereocenters. The zero-order valence-electron chi connectivity index (χ0n) is 10.4. The van der Waals surface area contributed by atoms with Crippen molar-refractivity contribution in [1.82, 2.24) is 0 Å². The number of nitrogens with zero attached hydrogens (tertiary/aromatic N) is 1. The van der Waals surface area contributed by atoms with E-state index in [1.807, 2.05) is 43.3 Å². The van der Waals surface area contributed by atoms with Gasteiger partial charge in [0.25, 0.3) is 0 Å². The van der Waals surface area contributed by atoms with Crippen LogP contribution in [0.15, 0.2) is 42.5 Å². The summed E-state index contributed by atoms with van der Waals surface area (Å²) in [6.07, 6.45) is 0.660. The standard InChI is InChI=1S/C15H15NO2/c1-16(2)14-6-3-11(4-7-14)12-5-8-15(18)13(9-12)10-17/h3-10,18H,1-2H3. The number of aldehydes is 1. The molecule has 0 aliphatic rings. The third-order valence-electron chi connectivity index (χ3n) is 2.87. The third-order valence-corrected chi connectivity index (χ3v) is 2.87. The van der Waals surface area contributed by atoms with Gasteiger partial charge in [-0.15, -0.1) is 0 Å². The minimum absolute atomic E-state index is 0.0126. The molecule has 0 aliphatic heterocycles. The van der Waals surface area contributed by atoms with E-state index in [4.69, 9.17) is 0 Å². The van der Waals surface area contributed by atoms with Gasteiger partial charge in [-0.3, -0.25) is 4.79 Å². The number of hydrogen-bond acceptors (Lipinski definition) is 3. The fourth-order valence-corrected chi connectivity index (χ4v) is 1.78. The molecule has 0 aliphatic carbocycles. The zero-order valence-corrected chi connectivity index (χ0v) is 10.4. The summed E-state index contributed by atoms with van der Waals surface area (Å²) in [7, 11) is 3.97. The molecular weight excluding hydrogens is 226 g/mol. The van der Waals surface area contributed by atoms with Crippen LogP contribution >= 0.6 is 0 Å². The lowest BCUT2D eigenvalue weighted by Gasteiger charge is -2.13. The minimum atomic E-state index is 0.0126. The fourth-order valence-electron chi connectivity index (χ4n) is 1.78. The molecule has 18 heavy (non-hydrogen) atoms. The van der Waals surface area contributed by atoms with Gasteiger partial charge in [0.05, 0.1) is 5.56 Å². The molecule has 0 atom stereocenters. The largest absolute Gasteiger partial charge is 0.507 e. The number of rotatable bonds is 3. The molecule has 3 heteroatoms. The lowest BCUT2D eigenvalue weighted by Crippen LogP contribution is -2.07. The van der Waals surface area contributed by atoms with Crippen molar-refractivity contribution in [3.05, 3.63) is 48.0 Å². The van der Waals surface area contributed by atoms with Crippen LogP contribution in [0.25, 0.3) is 11.1 Å². The van der Waals surface area contributed by atoms with Gasteiger partial charge in [-0.25, -0.2) is 0 Å². The van der Waals surface area contributed by atoms with Gasteiger partial charge in [-0.05, 0) is 35.4 Å². The molecule has 0 radical (unpaired) electrons. The number of anilines is 1. The maximum atomic E-state index is 10.8. The highest BCUT2D eigenvalue weighted by Gasteiger charge is 2.04. The highest BCUT2D eigenvalue weighted by atomic mass is 16.3. The lowest BCUT2D eigenvalue weighted by atomic mass is 10.0. The van der Waals surface area contributed by atoms with Gasteiger partial charge >= 0.3 is 0 Å². The Morgan fingerprint density at radius 2 is 1.61 bits per heavy atom. The van der Waals surface area contributed by atoms with E-state index in [9.17, 15) is 9.90 Å². The lowest BCUT2D eigenvalue weighted by molar-refractivity contribution is 0.112. The van der Waals surface area contributed by atoms with Crippen molar-refractivity contribution in [3.8, 4) is 16.9 Å². The van der Waals surface area contributed by atoms with E-state index < -0.39 is 0 Å². The molecule has 92 valence electrons. The van der Waals surface area contributed by atoms with Crippen LogP contribution in [0.1, 0.15) is 10.4 Å². The summed E-state index contributed by atoms with van der Waals surface area (Å²) < 4.78 is 0. The van der Waals surface area contributed by atoms with Crippen LogP contribution in [0.4, 0.5) is 5.69 Å². The first-order valence-electron chi connectivity index (χ1n) is 5.68. The predicted octanol–water partition coefficient (Wildman–Crippen LogP) is 2.94. The van der Waals surface area contributed by atoms with Crippen LogP contribution in [0.5, 0.6) is 5.75 Å². The summed E-state index contributed by atoms with van der Waals surface area (Å²) in [6, 6.07) is 13.1. The highest BCUT2D eigenvalue weighted by Crippen LogP contribution is 2.26. The molecule has 3 nitrogen and oxygen atoms in total. The molecule has 0 saturated heterocycles. The van der Waals surface area contributed by atoms with E-state index in [1.54, 1.807) is 18.2 Å². The third kappa shape index (κ3) is 2.35. The van der Waals surface area contributed by atoms with Gasteiger partial charge < -0.3 is 10.0 Å². The number of phenolic OH excluding ortho intramolecular Hbond substituents is 1. The molecule has 0 saturated carbocycles. The molecule has 2 rings (SSSR count). The molecule has 0 amide bonds. The maximum Gasteiger partial charge on any atom is 0.153 e. The smallest absolute Gasteiger partial charge is 0.153 e. The van der Waals surface area contributed by atoms with Crippen LogP contribution in [-0.4, -0.2) is 25.5 Å². The monoisotopic (exact) mass is 241 g/mol. The van der Waals surface area contributed by atoms with Crippen LogP contribution < -0.4 is 4.90 Å². The van der Waals surface area contributed by atoms with E-state index in [0.717, 1.165) is 16.8 Å². The van der Waals surface area contributed by atoms with Crippen molar-refractivity contribution < 1.29 is 9.90 Å². The van der Waals surface area contributed by atoms with Crippen LogP contribution in [0.2, 0.25) is 0 Å². The van der Waals surface area contributed by atoms with Gasteiger partial charge in [0.2, 0.25) is 0 Å². The van der Waals surface area contributed by atoms with E-state index in [1.165, 1.54) is 0 Å². The molecule has 0 fully saturated rings. The molecule has 2 aromatic carbocycles. The van der Waals surface area contributed by atoms with Crippen LogP contribution in [0, 0.1) is 0 Å². The summed E-state index contributed by atoms with van der Waals surface area (Å²) >= 11 is 0. The summed E-state index contributed by atoms with van der Waals surface area (Å²) in [6.45, 7) is 0. The first kappa shape index (κ1) is 12.2. The number of carbonyl (C=O) groups is 1. The average Bonchev–Trinajstić information content (AvgIpc) is 2.39. The van der Waals surface area contributed by atoms with Crippen molar-refractivity contribution in [2.45, 2.75) is 0 Å². The van der Waals surface area contributed by atoms with Crippen molar-refractivity contribution >= 4 is 12.0 Å². The first-order valence-corrected chi connectivity index (χ1v) is 5.68. The summed E-state index contributed by atoms with van der Waals surface area (Å²) in [5.74, 6) is 0.0126. The topological polar surface area (TPSA) is 40.5 Å². The van der Waals surface area contributed by atoms with Crippen molar-refractivity contribution in [2.24, 2.45) is 0 Å². The van der Waals surface area contributed by atoms with Crippen molar-refractivity contribution in [3.63, 3.8) is 0 Å². The number of hydrogen-bond donors (Lipinski definition) is 1. The molecule has 0 spiro atoms. The first-order chi connectivity index (χ1) is 8.61. The van der Waals surface area contributed by atoms with Crippen molar-refractivity contribution in [2.75, 3.05) is 19.0 Å².